The van der Waals surface area contributed by atoms with E-state index in [2.05, 4.69) is 22.8 Å². The number of hydrogen-bond donors (Lipinski definition) is 4. The second kappa shape index (κ2) is 10.7. The third-order valence-electron chi connectivity index (χ3n) is 6.15. The van der Waals surface area contributed by atoms with Gasteiger partial charge < -0.3 is 20.8 Å². The van der Waals surface area contributed by atoms with E-state index in [0.717, 1.165) is 28.2 Å². The van der Waals surface area contributed by atoms with E-state index in [9.17, 15) is 24.3 Å². The van der Waals surface area contributed by atoms with Crippen molar-refractivity contribution in [2.24, 2.45) is 0 Å². The number of hydrogen-bond acceptors (Lipinski definition) is 6. The Morgan fingerprint density at radius 3 is 2.31 bits per heavy atom. The number of likely N-dealkylation sites (N-methyl/N-ethyl adjacent to an activating group) is 1. The van der Waals surface area contributed by atoms with Crippen molar-refractivity contribution in [1.82, 2.24) is 10.2 Å². The Labute approximate surface area is 211 Å². The van der Waals surface area contributed by atoms with E-state index in [1.807, 2.05) is 42.3 Å². The highest BCUT2D eigenvalue weighted by molar-refractivity contribution is 7.17. The molecule has 0 unspecified atom stereocenters. The van der Waals surface area contributed by atoms with Crippen LogP contribution >= 0.6 is 11.3 Å². The number of benzene rings is 2. The molecule has 10 heteroatoms. The molecule has 4 rings (SSSR count). The van der Waals surface area contributed by atoms with Crippen molar-refractivity contribution in [3.05, 3.63) is 87.3 Å². The lowest BCUT2D eigenvalue weighted by molar-refractivity contribution is -0.147. The third kappa shape index (κ3) is 5.61. The first-order valence-corrected chi connectivity index (χ1v) is 12.1. The fourth-order valence-electron chi connectivity index (χ4n) is 4.22. The van der Waals surface area contributed by atoms with Crippen LogP contribution in [0.4, 0.5) is 5.00 Å². The van der Waals surface area contributed by atoms with Crippen molar-refractivity contribution in [2.75, 3.05) is 18.9 Å². The van der Waals surface area contributed by atoms with Crippen molar-refractivity contribution in [3.8, 4) is 0 Å². The maximum absolute atomic E-state index is 12.7. The topological polar surface area (TPSA) is 136 Å². The molecule has 1 aliphatic heterocycles. The zero-order valence-electron chi connectivity index (χ0n) is 19.5. The van der Waals surface area contributed by atoms with E-state index in [1.165, 1.54) is 5.56 Å². The number of nitrogens with one attached hydrogen (secondary N) is 2. The van der Waals surface area contributed by atoms with Crippen LogP contribution in [0.3, 0.4) is 0 Å². The van der Waals surface area contributed by atoms with Gasteiger partial charge >= 0.3 is 17.8 Å². The average molecular weight is 508 g/mol. The molecule has 0 aliphatic carbocycles. The number of carboxylic acids is 2. The summed E-state index contributed by atoms with van der Waals surface area (Å²) in [7, 11) is 1.87. The number of carbonyl (C=O) groups is 4. The van der Waals surface area contributed by atoms with E-state index in [-0.39, 0.29) is 22.5 Å². The first kappa shape index (κ1) is 25.1. The lowest BCUT2D eigenvalue weighted by Crippen LogP contribution is -2.45. The summed E-state index contributed by atoms with van der Waals surface area (Å²) in [6, 6.07) is 17.3. The number of rotatable bonds is 7. The molecule has 186 valence electrons. The summed E-state index contributed by atoms with van der Waals surface area (Å²) in [5, 5.41) is 23.7. The van der Waals surface area contributed by atoms with Gasteiger partial charge in [0.05, 0.1) is 5.56 Å². The molecular formula is C26H25N3O6S. The van der Waals surface area contributed by atoms with E-state index in [4.69, 9.17) is 5.11 Å². The van der Waals surface area contributed by atoms with Gasteiger partial charge in [0, 0.05) is 29.6 Å². The van der Waals surface area contributed by atoms with Gasteiger partial charge in [-0.2, -0.15) is 0 Å². The predicted molar refractivity (Wildman–Crippen MR) is 135 cm³/mol. The molecular weight excluding hydrogens is 482 g/mol. The van der Waals surface area contributed by atoms with Crippen molar-refractivity contribution < 1.29 is 29.4 Å². The fraction of sp³-hybridized carbons (Fsp3) is 0.231. The number of thiophene rings is 1. The Morgan fingerprint density at radius 1 is 1.00 bits per heavy atom. The number of nitrogens with zero attached hydrogens (tertiary/aromatic N) is 1. The lowest BCUT2D eigenvalue weighted by atomic mass is 9.96. The highest BCUT2D eigenvalue weighted by Gasteiger charge is 2.33. The van der Waals surface area contributed by atoms with Crippen LogP contribution in [0.2, 0.25) is 0 Å². The minimum Gasteiger partial charge on any atom is -0.478 e. The Hall–Kier alpha value is -4.02. The number of anilines is 1. The second-order valence-corrected chi connectivity index (χ2v) is 9.72. The van der Waals surface area contributed by atoms with Crippen LogP contribution in [-0.4, -0.2) is 58.5 Å². The molecule has 36 heavy (non-hydrogen) atoms. The summed E-state index contributed by atoms with van der Waals surface area (Å²) >= 11 is 1.06. The fourth-order valence-corrected chi connectivity index (χ4v) is 5.50. The van der Waals surface area contributed by atoms with E-state index >= 15 is 0 Å². The van der Waals surface area contributed by atoms with Crippen molar-refractivity contribution in [1.29, 1.82) is 0 Å². The molecule has 0 saturated carbocycles. The van der Waals surface area contributed by atoms with Crippen molar-refractivity contribution in [3.63, 3.8) is 0 Å². The van der Waals surface area contributed by atoms with Crippen LogP contribution in [0.1, 0.15) is 42.3 Å². The molecule has 1 aliphatic rings. The molecule has 0 radical (unpaired) electrons. The first-order valence-electron chi connectivity index (χ1n) is 11.3. The van der Waals surface area contributed by atoms with Crippen LogP contribution in [0.5, 0.6) is 0 Å². The normalized spacial score (nSPS) is 15.1. The van der Waals surface area contributed by atoms with Gasteiger partial charge in [0.25, 0.3) is 5.91 Å². The van der Waals surface area contributed by atoms with Crippen molar-refractivity contribution in [2.45, 2.75) is 25.4 Å². The lowest BCUT2D eigenvalue weighted by Gasteiger charge is -2.32. The van der Waals surface area contributed by atoms with E-state index in [0.29, 0.717) is 30.6 Å². The van der Waals surface area contributed by atoms with Gasteiger partial charge in [0.15, 0.2) is 0 Å². The van der Waals surface area contributed by atoms with Gasteiger partial charge in [0.2, 0.25) is 0 Å². The zero-order valence-corrected chi connectivity index (χ0v) is 20.3. The summed E-state index contributed by atoms with van der Waals surface area (Å²) in [5.74, 6) is -4.44. The largest absolute Gasteiger partial charge is 0.478 e. The monoisotopic (exact) mass is 507 g/mol. The molecule has 3 aromatic rings. The van der Waals surface area contributed by atoms with Crippen LogP contribution in [0, 0.1) is 0 Å². The average Bonchev–Trinajstić information content (AvgIpc) is 3.19. The molecule has 0 saturated heterocycles. The van der Waals surface area contributed by atoms with Gasteiger partial charge in [-0.1, -0.05) is 42.5 Å². The van der Waals surface area contributed by atoms with E-state index < -0.39 is 17.8 Å². The second-order valence-electron chi connectivity index (χ2n) is 8.61. The van der Waals surface area contributed by atoms with Crippen LogP contribution in [0.15, 0.2) is 54.6 Å². The molecule has 9 nitrogen and oxygen atoms in total. The molecule has 1 aromatic heterocycles. The van der Waals surface area contributed by atoms with Crippen LogP contribution < -0.4 is 10.6 Å². The highest BCUT2D eigenvalue weighted by atomic mass is 32.1. The van der Waals surface area contributed by atoms with Crippen LogP contribution in [0.25, 0.3) is 0 Å². The number of carboxylic acid groups (broad SMARTS) is 2. The van der Waals surface area contributed by atoms with Gasteiger partial charge in [-0.25, -0.2) is 9.59 Å². The number of amides is 2. The van der Waals surface area contributed by atoms with Gasteiger partial charge in [-0.15, -0.1) is 11.3 Å². The molecule has 2 aromatic carbocycles. The molecule has 2 amide bonds. The first-order chi connectivity index (χ1) is 17.2. The number of fused-ring (bicyclic) bond motifs is 1. The smallest absolute Gasteiger partial charge is 0.394 e. The molecule has 0 bridgehead atoms. The summed E-state index contributed by atoms with van der Waals surface area (Å²) in [6.07, 6.45) is 1.11. The standard InChI is InChI=1S/C26H25N3O6S/c1-29-14-20-19(21(25(32)33)24(36-20)28-23(31)26(34)35)12-18(29)13-27-22(30)17-9-7-16(8-10-17)11-15-5-3-2-4-6-15/h2-10,18H,11-14H2,1H3,(H,27,30)(H,28,31)(H,32,33)(H,34,35)/t18-/m0/s1. The maximum atomic E-state index is 12.7. The molecule has 4 N–H and O–H groups in total. The SMILES string of the molecule is CN1Cc2sc(NC(=O)C(=O)O)c(C(=O)O)c2C[C@H]1CNC(=O)c1ccc(Cc2ccccc2)cc1. The minimum absolute atomic E-state index is 0.00794. The Bertz CT molecular complexity index is 1300. The van der Waals surface area contributed by atoms with Gasteiger partial charge in [0.1, 0.15) is 5.00 Å². The zero-order chi connectivity index (χ0) is 25.8. The quantitative estimate of drug-likeness (QED) is 0.361. The summed E-state index contributed by atoms with van der Waals surface area (Å²) in [6.45, 7) is 0.713. The predicted octanol–water partition coefficient (Wildman–Crippen LogP) is 2.85. The summed E-state index contributed by atoms with van der Waals surface area (Å²) < 4.78 is 0. The van der Waals surface area contributed by atoms with Gasteiger partial charge in [-0.3, -0.25) is 14.5 Å². The molecule has 0 fully saturated rings. The Morgan fingerprint density at radius 2 is 1.67 bits per heavy atom. The van der Waals surface area contributed by atoms with E-state index in [1.54, 1.807) is 12.1 Å². The minimum atomic E-state index is -1.69. The molecule has 0 spiro atoms. The molecule has 2 heterocycles. The highest BCUT2D eigenvalue weighted by Crippen LogP contribution is 2.38. The van der Waals surface area contributed by atoms with Gasteiger partial charge in [-0.05, 0) is 48.7 Å². The number of aliphatic carboxylic acids is 1. The summed E-state index contributed by atoms with van der Waals surface area (Å²) in [5.41, 5.74) is 3.28. The van der Waals surface area contributed by atoms with Crippen molar-refractivity contribution >= 4 is 40.1 Å². The number of aromatic carboxylic acids is 1. The number of carbonyl (C=O) groups excluding carboxylic acids is 2. The Balaban J connectivity index is 1.41. The molecule has 1 atom stereocenters. The Kier molecular flexibility index (Phi) is 7.47. The maximum Gasteiger partial charge on any atom is 0.394 e. The summed E-state index contributed by atoms with van der Waals surface area (Å²) in [4.78, 5) is 49.9. The third-order valence-corrected chi connectivity index (χ3v) is 7.28. The van der Waals surface area contributed by atoms with Crippen LogP contribution in [-0.2, 0) is 29.0 Å².